The van der Waals surface area contributed by atoms with E-state index >= 15 is 0 Å². The molecule has 5 nitrogen and oxygen atoms in total. The Morgan fingerprint density at radius 3 is 3.09 bits per heavy atom. The van der Waals surface area contributed by atoms with E-state index in [1.165, 1.54) is 0 Å². The van der Waals surface area contributed by atoms with Crippen molar-refractivity contribution in [3.63, 3.8) is 0 Å². The third-order valence-corrected chi connectivity index (χ3v) is 1.29. The maximum absolute atomic E-state index is 8.28. The third-order valence-electron chi connectivity index (χ3n) is 1.12. The Morgan fingerprint density at radius 2 is 2.64 bits per heavy atom. The first kappa shape index (κ1) is 7.91. The minimum Gasteiger partial charge on any atom is -0.348 e. The highest BCUT2D eigenvalue weighted by atomic mass is 32.1. The molecule has 3 N–H and O–H groups in total. The van der Waals surface area contributed by atoms with Gasteiger partial charge in [0.1, 0.15) is 0 Å². The van der Waals surface area contributed by atoms with Crippen LogP contribution < -0.4 is 5.73 Å². The largest absolute Gasteiger partial charge is 0.348 e. The van der Waals surface area contributed by atoms with Crippen molar-refractivity contribution in [1.82, 2.24) is 10.1 Å². The van der Waals surface area contributed by atoms with Crippen molar-refractivity contribution < 1.29 is 4.52 Å². The second-order valence-corrected chi connectivity index (χ2v) is 2.29. The topological polar surface area (TPSA) is 91.6 Å². The van der Waals surface area contributed by atoms with Gasteiger partial charge in [-0.3, -0.25) is 0 Å². The summed E-state index contributed by atoms with van der Waals surface area (Å²) in [6.07, 6.45) is 0.192. The van der Waals surface area contributed by atoms with Gasteiger partial charge in [0, 0.05) is 0 Å². The van der Waals surface area contributed by atoms with Crippen LogP contribution in [0.15, 0.2) is 4.52 Å². The molecule has 0 aliphatic rings. The zero-order valence-corrected chi connectivity index (χ0v) is 6.39. The first-order valence-corrected chi connectivity index (χ1v) is 3.33. The molecule has 0 aliphatic carbocycles. The fraction of sp³-hybridized carbons (Fsp3) is 0.400. The molecule has 0 radical (unpaired) electrons. The normalized spacial score (nSPS) is 12.4. The molecule has 1 aromatic heterocycles. The van der Waals surface area contributed by atoms with E-state index in [2.05, 4.69) is 26.9 Å². The SMILES string of the molecule is N#CC[C@H](N)c1nc(=S)o[nH]1. The van der Waals surface area contributed by atoms with Crippen LogP contribution in [0, 0.1) is 16.2 Å². The molecule has 11 heavy (non-hydrogen) atoms. The maximum Gasteiger partial charge on any atom is 0.314 e. The molecule has 6 heteroatoms. The first-order chi connectivity index (χ1) is 5.24. The quantitative estimate of drug-likeness (QED) is 0.635. The summed E-state index contributed by atoms with van der Waals surface area (Å²) in [6.45, 7) is 0. The van der Waals surface area contributed by atoms with Crippen LogP contribution in [0.4, 0.5) is 0 Å². The van der Waals surface area contributed by atoms with Gasteiger partial charge >= 0.3 is 4.84 Å². The molecule has 0 unspecified atom stereocenters. The summed E-state index contributed by atoms with van der Waals surface area (Å²) in [7, 11) is 0. The lowest BCUT2D eigenvalue weighted by molar-refractivity contribution is 0.394. The van der Waals surface area contributed by atoms with Crippen LogP contribution >= 0.6 is 12.2 Å². The Kier molecular flexibility index (Phi) is 2.36. The van der Waals surface area contributed by atoms with Crippen LogP contribution in [0.1, 0.15) is 18.3 Å². The predicted molar refractivity (Wildman–Crippen MR) is 38.8 cm³/mol. The highest BCUT2D eigenvalue weighted by Gasteiger charge is 2.08. The molecule has 0 aliphatic heterocycles. The molecular weight excluding hydrogens is 164 g/mol. The highest BCUT2D eigenvalue weighted by Crippen LogP contribution is 2.06. The average Bonchev–Trinajstić information content (AvgIpc) is 2.36. The second kappa shape index (κ2) is 3.27. The number of nitrogens with zero attached hydrogens (tertiary/aromatic N) is 2. The smallest absolute Gasteiger partial charge is 0.314 e. The third kappa shape index (κ3) is 1.86. The summed E-state index contributed by atoms with van der Waals surface area (Å²) in [5.74, 6) is 0.413. The average molecular weight is 170 g/mol. The molecule has 0 amide bonds. The van der Waals surface area contributed by atoms with Crippen molar-refractivity contribution in [2.45, 2.75) is 12.5 Å². The van der Waals surface area contributed by atoms with Crippen molar-refractivity contribution in [2.75, 3.05) is 0 Å². The molecule has 0 bridgehead atoms. The van der Waals surface area contributed by atoms with Gasteiger partial charge in [-0.15, -0.1) is 0 Å². The number of nitrogens with two attached hydrogens (primary N) is 1. The summed E-state index contributed by atoms with van der Waals surface area (Å²) >= 11 is 4.59. The summed E-state index contributed by atoms with van der Waals surface area (Å²) in [5, 5.41) is 10.7. The number of rotatable bonds is 2. The Balaban J connectivity index is 2.78. The van der Waals surface area contributed by atoms with E-state index < -0.39 is 6.04 Å². The van der Waals surface area contributed by atoms with Crippen LogP contribution in [-0.2, 0) is 0 Å². The van der Waals surface area contributed by atoms with Gasteiger partial charge < -0.3 is 10.3 Å². The van der Waals surface area contributed by atoms with Crippen molar-refractivity contribution in [3.8, 4) is 6.07 Å². The molecule has 1 aromatic rings. The van der Waals surface area contributed by atoms with E-state index in [-0.39, 0.29) is 11.3 Å². The summed E-state index contributed by atoms with van der Waals surface area (Å²) in [5.41, 5.74) is 5.50. The Bertz CT molecular complexity index is 322. The standard InChI is InChI=1S/C5H6N4OS/c6-2-1-3(7)4-8-5(11)10-9-4/h3H,1,7H2,(H,8,9,11)/t3-/m0/s1. The lowest BCUT2D eigenvalue weighted by Gasteiger charge is -1.98. The van der Waals surface area contributed by atoms with Crippen molar-refractivity contribution >= 4 is 12.2 Å². The van der Waals surface area contributed by atoms with Gasteiger partial charge in [-0.1, -0.05) is 0 Å². The van der Waals surface area contributed by atoms with E-state index in [0.717, 1.165) is 0 Å². The lowest BCUT2D eigenvalue weighted by Crippen LogP contribution is -2.10. The molecule has 0 spiro atoms. The monoisotopic (exact) mass is 170 g/mol. The molecule has 0 saturated carbocycles. The number of hydrogen-bond donors (Lipinski definition) is 2. The highest BCUT2D eigenvalue weighted by molar-refractivity contribution is 7.71. The van der Waals surface area contributed by atoms with Crippen LogP contribution in [0.25, 0.3) is 0 Å². The maximum atomic E-state index is 8.28. The number of H-pyrrole nitrogens is 1. The number of hydrogen-bond acceptors (Lipinski definition) is 5. The molecule has 0 saturated heterocycles. The number of aromatic amines is 1. The van der Waals surface area contributed by atoms with Crippen LogP contribution in [0.3, 0.4) is 0 Å². The van der Waals surface area contributed by atoms with Gasteiger partial charge in [-0.05, 0) is 12.2 Å². The first-order valence-electron chi connectivity index (χ1n) is 2.92. The Morgan fingerprint density at radius 1 is 1.91 bits per heavy atom. The zero-order chi connectivity index (χ0) is 8.27. The van der Waals surface area contributed by atoms with Gasteiger partial charge in [0.15, 0.2) is 5.82 Å². The van der Waals surface area contributed by atoms with E-state index in [0.29, 0.717) is 5.82 Å². The van der Waals surface area contributed by atoms with Gasteiger partial charge in [0.2, 0.25) is 0 Å². The lowest BCUT2D eigenvalue weighted by atomic mass is 10.2. The molecular formula is C5H6N4OS. The Hall–Kier alpha value is -1.19. The fourth-order valence-electron chi connectivity index (χ4n) is 0.594. The van der Waals surface area contributed by atoms with Crippen LogP contribution in [-0.4, -0.2) is 10.1 Å². The number of nitriles is 1. The van der Waals surface area contributed by atoms with E-state index in [1.54, 1.807) is 0 Å². The minimum atomic E-state index is -0.444. The van der Waals surface area contributed by atoms with Gasteiger partial charge in [0.25, 0.3) is 0 Å². The summed E-state index contributed by atoms with van der Waals surface area (Å²) in [4.78, 5) is 3.85. The molecule has 1 rings (SSSR count). The molecule has 1 heterocycles. The summed E-state index contributed by atoms with van der Waals surface area (Å²) in [6, 6.07) is 1.47. The summed E-state index contributed by atoms with van der Waals surface area (Å²) < 4.78 is 4.62. The van der Waals surface area contributed by atoms with Crippen molar-refractivity contribution in [3.05, 3.63) is 10.7 Å². The van der Waals surface area contributed by atoms with E-state index in [9.17, 15) is 0 Å². The van der Waals surface area contributed by atoms with Gasteiger partial charge in [0.05, 0.1) is 18.5 Å². The Labute approximate surface area is 67.8 Å². The van der Waals surface area contributed by atoms with Crippen molar-refractivity contribution in [1.29, 1.82) is 5.26 Å². The van der Waals surface area contributed by atoms with Gasteiger partial charge in [-0.25, -0.2) is 5.16 Å². The predicted octanol–water partition coefficient (Wildman–Crippen LogP) is 0.646. The molecule has 58 valence electrons. The molecule has 1 atom stereocenters. The second-order valence-electron chi connectivity index (χ2n) is 1.94. The van der Waals surface area contributed by atoms with Crippen molar-refractivity contribution in [2.24, 2.45) is 5.73 Å². The van der Waals surface area contributed by atoms with Crippen LogP contribution in [0.2, 0.25) is 0 Å². The number of aromatic nitrogens is 2. The molecule has 0 aromatic carbocycles. The van der Waals surface area contributed by atoms with E-state index in [1.807, 2.05) is 6.07 Å². The van der Waals surface area contributed by atoms with Crippen LogP contribution in [0.5, 0.6) is 0 Å². The molecule has 0 fully saturated rings. The van der Waals surface area contributed by atoms with Gasteiger partial charge in [-0.2, -0.15) is 10.2 Å². The minimum absolute atomic E-state index is 0.105. The number of nitrogens with one attached hydrogen (secondary N) is 1. The zero-order valence-electron chi connectivity index (χ0n) is 5.57. The van der Waals surface area contributed by atoms with E-state index in [4.69, 9.17) is 11.0 Å². The fourth-order valence-corrected chi connectivity index (χ4v) is 0.734.